The Labute approximate surface area is 154 Å². The van der Waals surface area contributed by atoms with Crippen LogP contribution >= 0.6 is 11.6 Å². The lowest BCUT2D eigenvalue weighted by molar-refractivity contribution is -0.0170. The second-order valence-electron chi connectivity index (χ2n) is 6.12. The first-order chi connectivity index (χ1) is 12.6. The van der Waals surface area contributed by atoms with Crippen molar-refractivity contribution in [2.24, 2.45) is 7.05 Å². The molecule has 0 radical (unpaired) electrons. The highest BCUT2D eigenvalue weighted by Crippen LogP contribution is 2.29. The largest absolute Gasteiger partial charge is 0.378 e. The van der Waals surface area contributed by atoms with Gasteiger partial charge in [-0.25, -0.2) is 4.39 Å². The lowest BCUT2D eigenvalue weighted by Crippen LogP contribution is -2.39. The van der Waals surface area contributed by atoms with Crippen LogP contribution in [0, 0.1) is 5.82 Å². The lowest BCUT2D eigenvalue weighted by Gasteiger charge is -2.33. The minimum Gasteiger partial charge on any atom is -0.378 e. The normalized spacial score (nSPS) is 18.3. The van der Waals surface area contributed by atoms with Gasteiger partial charge in [0.1, 0.15) is 5.82 Å². The summed E-state index contributed by atoms with van der Waals surface area (Å²) in [6.45, 7) is 1.91. The lowest BCUT2D eigenvalue weighted by atomic mass is 10.1. The van der Waals surface area contributed by atoms with E-state index >= 15 is 0 Å². The third kappa shape index (κ3) is 3.35. The molecule has 0 aliphatic carbocycles. The first-order valence-corrected chi connectivity index (χ1v) is 8.57. The topological polar surface area (TPSA) is 69.2 Å². The molecule has 7 nitrogen and oxygen atoms in total. The summed E-state index contributed by atoms with van der Waals surface area (Å²) in [6.07, 6.45) is 3.46. The Hall–Kier alpha value is -2.29. The third-order valence-electron chi connectivity index (χ3n) is 4.35. The van der Waals surface area contributed by atoms with Crippen molar-refractivity contribution < 1.29 is 13.7 Å². The predicted molar refractivity (Wildman–Crippen MR) is 91.9 cm³/mol. The third-order valence-corrected chi connectivity index (χ3v) is 4.71. The average Bonchev–Trinajstić information content (AvgIpc) is 3.28. The Morgan fingerprint density at radius 1 is 1.38 bits per heavy atom. The highest BCUT2D eigenvalue weighted by molar-refractivity contribution is 6.31. The smallest absolute Gasteiger partial charge is 0.261 e. The van der Waals surface area contributed by atoms with E-state index in [9.17, 15) is 4.39 Å². The molecular weight excluding hydrogens is 361 g/mol. The van der Waals surface area contributed by atoms with E-state index in [1.807, 2.05) is 11.9 Å². The first-order valence-electron chi connectivity index (χ1n) is 8.19. The van der Waals surface area contributed by atoms with Crippen LogP contribution in [0.4, 0.5) is 4.39 Å². The monoisotopic (exact) mass is 377 g/mol. The maximum atomic E-state index is 14.2. The number of morpholine rings is 1. The van der Waals surface area contributed by atoms with Gasteiger partial charge in [0, 0.05) is 36.9 Å². The van der Waals surface area contributed by atoms with Crippen LogP contribution in [0.2, 0.25) is 5.02 Å². The van der Waals surface area contributed by atoms with E-state index in [0.717, 1.165) is 5.56 Å². The van der Waals surface area contributed by atoms with Crippen molar-refractivity contribution in [2.75, 3.05) is 19.8 Å². The zero-order valence-corrected chi connectivity index (χ0v) is 14.9. The summed E-state index contributed by atoms with van der Waals surface area (Å²) in [4.78, 5) is 6.52. The second kappa shape index (κ2) is 7.14. The van der Waals surface area contributed by atoms with Crippen LogP contribution in [-0.4, -0.2) is 44.6 Å². The van der Waals surface area contributed by atoms with E-state index in [4.69, 9.17) is 20.9 Å². The van der Waals surface area contributed by atoms with Crippen molar-refractivity contribution in [3.05, 3.63) is 52.8 Å². The Morgan fingerprint density at radius 2 is 2.27 bits per heavy atom. The van der Waals surface area contributed by atoms with Crippen LogP contribution in [0.25, 0.3) is 11.5 Å². The molecule has 3 aromatic rings. The van der Waals surface area contributed by atoms with Crippen LogP contribution in [-0.2, 0) is 18.3 Å². The van der Waals surface area contributed by atoms with Crippen LogP contribution < -0.4 is 0 Å². The zero-order chi connectivity index (χ0) is 18.1. The molecule has 0 N–H and O–H groups in total. The molecule has 1 unspecified atom stereocenters. The molecule has 4 rings (SSSR count). The molecule has 1 aliphatic rings. The number of hydrogen-bond donors (Lipinski definition) is 0. The minimum absolute atomic E-state index is 0.242. The van der Waals surface area contributed by atoms with Gasteiger partial charge in [-0.05, 0) is 12.1 Å². The summed E-state index contributed by atoms with van der Waals surface area (Å²) < 4.78 is 26.8. The molecule has 136 valence electrons. The van der Waals surface area contributed by atoms with E-state index in [2.05, 4.69) is 15.2 Å². The van der Waals surface area contributed by atoms with Crippen LogP contribution in [0.3, 0.4) is 0 Å². The number of nitrogens with zero attached hydrogens (tertiary/aromatic N) is 5. The number of halogens is 2. The fourth-order valence-electron chi connectivity index (χ4n) is 2.97. The number of ether oxygens (including phenoxy) is 1. The second-order valence-corrected chi connectivity index (χ2v) is 6.53. The van der Waals surface area contributed by atoms with Crippen LogP contribution in [0.1, 0.15) is 17.4 Å². The van der Waals surface area contributed by atoms with Gasteiger partial charge in [-0.1, -0.05) is 22.8 Å². The standard InChI is InChI=1S/C17H17ClFN5O2/c1-23-8-11(7-20-23)17-21-16(22-26-17)15-10-25-6-5-24(15)9-12-13(18)3-2-4-14(12)19/h2-4,7-8,15H,5-6,9-10H2,1H3. The fourth-order valence-corrected chi connectivity index (χ4v) is 3.19. The molecule has 3 heterocycles. The molecule has 9 heteroatoms. The average molecular weight is 378 g/mol. The van der Waals surface area contributed by atoms with Gasteiger partial charge in [0.2, 0.25) is 0 Å². The molecule has 0 spiro atoms. The van der Waals surface area contributed by atoms with Gasteiger partial charge in [-0.2, -0.15) is 10.1 Å². The molecule has 0 bridgehead atoms. The van der Waals surface area contributed by atoms with Gasteiger partial charge in [0.05, 0.1) is 31.0 Å². The van der Waals surface area contributed by atoms with E-state index in [-0.39, 0.29) is 11.9 Å². The highest BCUT2D eigenvalue weighted by Gasteiger charge is 2.30. The van der Waals surface area contributed by atoms with Crippen molar-refractivity contribution in [3.63, 3.8) is 0 Å². The van der Waals surface area contributed by atoms with Crippen molar-refractivity contribution >= 4 is 11.6 Å². The molecule has 0 amide bonds. The summed E-state index contributed by atoms with van der Waals surface area (Å²) in [5.41, 5.74) is 1.20. The summed E-state index contributed by atoms with van der Waals surface area (Å²) in [7, 11) is 1.82. The van der Waals surface area contributed by atoms with Crippen molar-refractivity contribution in [2.45, 2.75) is 12.6 Å². The number of rotatable bonds is 4. The van der Waals surface area contributed by atoms with Crippen molar-refractivity contribution in [1.29, 1.82) is 0 Å². The summed E-state index contributed by atoms with van der Waals surface area (Å²) in [5, 5.41) is 8.60. The Kier molecular flexibility index (Phi) is 4.71. The predicted octanol–water partition coefficient (Wildman–Crippen LogP) is 2.84. The minimum atomic E-state index is -0.327. The van der Waals surface area contributed by atoms with Crippen molar-refractivity contribution in [1.82, 2.24) is 24.8 Å². The van der Waals surface area contributed by atoms with Gasteiger partial charge in [0.25, 0.3) is 5.89 Å². The van der Waals surface area contributed by atoms with E-state index in [1.54, 1.807) is 29.2 Å². The molecule has 1 fully saturated rings. The molecule has 1 saturated heterocycles. The Balaban J connectivity index is 1.59. The fraction of sp³-hybridized carbons (Fsp3) is 0.353. The molecule has 2 aromatic heterocycles. The SMILES string of the molecule is Cn1cc(-c2nc(C3COCCN3Cc3c(F)cccc3Cl)no2)cn1. The van der Waals surface area contributed by atoms with Crippen LogP contribution in [0.5, 0.6) is 0 Å². The molecule has 0 saturated carbocycles. The Bertz CT molecular complexity index is 892. The van der Waals surface area contributed by atoms with Crippen molar-refractivity contribution in [3.8, 4) is 11.5 Å². The van der Waals surface area contributed by atoms with E-state index in [0.29, 0.717) is 48.6 Å². The summed E-state index contributed by atoms with van der Waals surface area (Å²) >= 11 is 6.17. The first kappa shape index (κ1) is 17.1. The number of aromatic nitrogens is 4. The molecule has 1 aromatic carbocycles. The molecule has 26 heavy (non-hydrogen) atoms. The summed E-state index contributed by atoms with van der Waals surface area (Å²) in [5.74, 6) is 0.561. The summed E-state index contributed by atoms with van der Waals surface area (Å²) in [6, 6.07) is 4.45. The molecule has 1 aliphatic heterocycles. The van der Waals surface area contributed by atoms with Gasteiger partial charge >= 0.3 is 0 Å². The van der Waals surface area contributed by atoms with Gasteiger partial charge < -0.3 is 9.26 Å². The maximum absolute atomic E-state index is 14.2. The maximum Gasteiger partial charge on any atom is 0.261 e. The Morgan fingerprint density at radius 3 is 3.04 bits per heavy atom. The van der Waals surface area contributed by atoms with Crippen LogP contribution in [0.15, 0.2) is 35.1 Å². The van der Waals surface area contributed by atoms with Gasteiger partial charge in [-0.3, -0.25) is 9.58 Å². The quantitative estimate of drug-likeness (QED) is 0.696. The molecular formula is C17H17ClFN5O2. The van der Waals surface area contributed by atoms with Gasteiger partial charge in [0.15, 0.2) is 5.82 Å². The number of hydrogen-bond acceptors (Lipinski definition) is 6. The zero-order valence-electron chi connectivity index (χ0n) is 14.1. The number of aryl methyl sites for hydroxylation is 1. The van der Waals surface area contributed by atoms with E-state index in [1.165, 1.54) is 6.07 Å². The van der Waals surface area contributed by atoms with E-state index < -0.39 is 0 Å². The molecule has 1 atom stereocenters. The number of benzene rings is 1. The van der Waals surface area contributed by atoms with Gasteiger partial charge in [-0.15, -0.1) is 0 Å². The highest BCUT2D eigenvalue weighted by atomic mass is 35.5.